The molecule has 1 aliphatic rings. The fourth-order valence-corrected chi connectivity index (χ4v) is 3.77. The van der Waals surface area contributed by atoms with Crippen LogP contribution in [0.3, 0.4) is 0 Å². The predicted molar refractivity (Wildman–Crippen MR) is 110 cm³/mol. The molecule has 2 aromatic heterocycles. The maximum absolute atomic E-state index is 12.9. The Balaban J connectivity index is 1.46. The lowest BCUT2D eigenvalue weighted by atomic mass is 10.0. The average molecular weight is 391 g/mol. The molecular formula is C23H25N3O3. The summed E-state index contributed by atoms with van der Waals surface area (Å²) in [6.45, 7) is 4.77. The minimum absolute atomic E-state index is 0.0874. The first-order valence-electron chi connectivity index (χ1n) is 9.77. The molecule has 0 fully saturated rings. The highest BCUT2D eigenvalue weighted by Gasteiger charge is 2.28. The number of nitrogens with zero attached hydrogens (tertiary/aromatic N) is 2. The maximum Gasteiger partial charge on any atom is 0.255 e. The van der Waals surface area contributed by atoms with Gasteiger partial charge in [-0.1, -0.05) is 12.1 Å². The number of nitrogens with one attached hydrogen (secondary N) is 1. The van der Waals surface area contributed by atoms with Crippen molar-refractivity contribution >= 4 is 5.91 Å². The summed E-state index contributed by atoms with van der Waals surface area (Å²) < 4.78 is 11.2. The quantitative estimate of drug-likeness (QED) is 0.697. The molecular weight excluding hydrogens is 366 g/mol. The summed E-state index contributed by atoms with van der Waals surface area (Å²) >= 11 is 0. The topological polar surface area (TPSA) is 67.6 Å². The van der Waals surface area contributed by atoms with E-state index in [1.807, 2.05) is 31.2 Å². The van der Waals surface area contributed by atoms with Crippen LogP contribution in [0.1, 0.15) is 38.6 Å². The zero-order valence-electron chi connectivity index (χ0n) is 16.8. The van der Waals surface area contributed by atoms with Gasteiger partial charge in [0.05, 0.1) is 12.7 Å². The second-order valence-corrected chi connectivity index (χ2v) is 7.28. The largest absolute Gasteiger partial charge is 0.497 e. The van der Waals surface area contributed by atoms with E-state index in [0.29, 0.717) is 24.4 Å². The van der Waals surface area contributed by atoms with E-state index in [9.17, 15) is 4.79 Å². The molecule has 29 heavy (non-hydrogen) atoms. The van der Waals surface area contributed by atoms with Crippen LogP contribution in [0, 0.1) is 6.92 Å². The number of carbonyl (C=O) groups excluding carboxylic acids is 1. The third kappa shape index (κ3) is 4.32. The van der Waals surface area contributed by atoms with Crippen LogP contribution in [0.5, 0.6) is 5.75 Å². The molecule has 6 nitrogen and oxygen atoms in total. The second kappa shape index (κ2) is 8.49. The molecule has 0 aliphatic carbocycles. The number of aryl methyl sites for hydroxylation is 1. The number of methoxy groups -OCH3 is 1. The molecule has 0 spiro atoms. The van der Waals surface area contributed by atoms with E-state index in [0.717, 1.165) is 42.1 Å². The molecule has 6 heteroatoms. The van der Waals surface area contributed by atoms with Crippen molar-refractivity contribution in [2.24, 2.45) is 0 Å². The fraction of sp³-hybridized carbons (Fsp3) is 0.304. The summed E-state index contributed by atoms with van der Waals surface area (Å²) in [5.74, 6) is 2.39. The predicted octanol–water partition coefficient (Wildman–Crippen LogP) is 3.48. The summed E-state index contributed by atoms with van der Waals surface area (Å²) in [5.41, 5.74) is 3.92. The molecule has 0 atom stereocenters. The highest BCUT2D eigenvalue weighted by Crippen LogP contribution is 2.29. The lowest BCUT2D eigenvalue weighted by molar-refractivity contribution is 0.0947. The van der Waals surface area contributed by atoms with Gasteiger partial charge in [0, 0.05) is 50.6 Å². The van der Waals surface area contributed by atoms with Gasteiger partial charge in [-0.15, -0.1) is 0 Å². The van der Waals surface area contributed by atoms with Crippen molar-refractivity contribution in [2.75, 3.05) is 13.7 Å². The fourth-order valence-electron chi connectivity index (χ4n) is 3.77. The van der Waals surface area contributed by atoms with Gasteiger partial charge in [-0.3, -0.25) is 14.7 Å². The van der Waals surface area contributed by atoms with Gasteiger partial charge < -0.3 is 14.5 Å². The molecule has 0 radical (unpaired) electrons. The third-order valence-corrected chi connectivity index (χ3v) is 5.30. The molecule has 1 aliphatic heterocycles. The third-order valence-electron chi connectivity index (χ3n) is 5.30. The van der Waals surface area contributed by atoms with Crippen molar-refractivity contribution in [3.63, 3.8) is 0 Å². The maximum atomic E-state index is 12.9. The normalized spacial score (nSPS) is 13.7. The zero-order chi connectivity index (χ0) is 20.2. The van der Waals surface area contributed by atoms with Crippen LogP contribution in [0.4, 0.5) is 0 Å². The Kier molecular flexibility index (Phi) is 5.62. The van der Waals surface area contributed by atoms with E-state index in [2.05, 4.69) is 27.3 Å². The molecule has 1 amide bonds. The number of hydrogen-bond donors (Lipinski definition) is 1. The lowest BCUT2D eigenvalue weighted by Gasteiger charge is -2.26. The molecule has 0 saturated heterocycles. The Labute approximate surface area is 170 Å². The average Bonchev–Trinajstić information content (AvgIpc) is 3.08. The molecule has 0 saturated carbocycles. The van der Waals surface area contributed by atoms with Crippen molar-refractivity contribution in [2.45, 2.75) is 33.0 Å². The van der Waals surface area contributed by atoms with Crippen molar-refractivity contribution in [1.29, 1.82) is 0 Å². The van der Waals surface area contributed by atoms with Crippen LogP contribution in [-0.4, -0.2) is 29.4 Å². The smallest absolute Gasteiger partial charge is 0.255 e. The minimum atomic E-state index is -0.0874. The van der Waals surface area contributed by atoms with E-state index in [1.165, 1.54) is 5.56 Å². The number of fused-ring (bicyclic) bond motifs is 1. The Morgan fingerprint density at radius 3 is 2.66 bits per heavy atom. The Hall–Kier alpha value is -3.12. The second-order valence-electron chi connectivity index (χ2n) is 7.28. The first kappa shape index (κ1) is 19.2. The number of hydrogen-bond acceptors (Lipinski definition) is 5. The van der Waals surface area contributed by atoms with Gasteiger partial charge in [0.1, 0.15) is 17.3 Å². The zero-order valence-corrected chi connectivity index (χ0v) is 16.8. The molecule has 3 aromatic rings. The van der Waals surface area contributed by atoms with Gasteiger partial charge in [-0.05, 0) is 42.3 Å². The van der Waals surface area contributed by atoms with E-state index in [-0.39, 0.29) is 5.91 Å². The minimum Gasteiger partial charge on any atom is -0.497 e. The summed E-state index contributed by atoms with van der Waals surface area (Å²) in [4.78, 5) is 19.2. The molecule has 1 aromatic carbocycles. The highest BCUT2D eigenvalue weighted by atomic mass is 16.5. The summed E-state index contributed by atoms with van der Waals surface area (Å²) in [6.07, 6.45) is 4.26. The summed E-state index contributed by atoms with van der Waals surface area (Å²) in [5, 5.41) is 3.01. The number of carbonyl (C=O) groups is 1. The van der Waals surface area contributed by atoms with Crippen LogP contribution >= 0.6 is 0 Å². The van der Waals surface area contributed by atoms with Crippen molar-refractivity contribution in [3.05, 3.63) is 82.6 Å². The number of amides is 1. The van der Waals surface area contributed by atoms with Crippen molar-refractivity contribution in [3.8, 4) is 5.75 Å². The SMILES string of the molecule is COc1ccc(CN2CCc3oc(C)c(C(=O)NCc4ccncc4)c3C2)cc1. The standard InChI is InChI=1S/C23H25N3O3/c1-16-22(23(27)25-13-17-7-10-24-11-8-17)20-15-26(12-9-21(20)29-16)14-18-3-5-19(28-2)6-4-18/h3-8,10-11H,9,12-15H2,1-2H3,(H,25,27). The Bertz CT molecular complexity index is 981. The number of furan rings is 1. The molecule has 150 valence electrons. The first-order valence-corrected chi connectivity index (χ1v) is 9.77. The van der Waals surface area contributed by atoms with Gasteiger partial charge in [0.15, 0.2) is 0 Å². The van der Waals surface area contributed by atoms with Crippen LogP contribution in [-0.2, 0) is 26.1 Å². The van der Waals surface area contributed by atoms with Crippen LogP contribution in [0.25, 0.3) is 0 Å². The molecule has 0 bridgehead atoms. The first-order chi connectivity index (χ1) is 14.1. The molecule has 0 unspecified atom stereocenters. The monoisotopic (exact) mass is 391 g/mol. The lowest BCUT2D eigenvalue weighted by Crippen LogP contribution is -2.31. The number of ether oxygens (including phenoxy) is 1. The van der Waals surface area contributed by atoms with Gasteiger partial charge >= 0.3 is 0 Å². The number of rotatable bonds is 6. The van der Waals surface area contributed by atoms with Gasteiger partial charge in [-0.25, -0.2) is 0 Å². The van der Waals surface area contributed by atoms with Crippen molar-refractivity contribution < 1.29 is 13.9 Å². The van der Waals surface area contributed by atoms with Crippen LogP contribution in [0.2, 0.25) is 0 Å². The molecule has 4 rings (SSSR count). The summed E-state index contributed by atoms with van der Waals surface area (Å²) in [7, 11) is 1.67. The van der Waals surface area contributed by atoms with Crippen LogP contribution < -0.4 is 10.1 Å². The van der Waals surface area contributed by atoms with E-state index < -0.39 is 0 Å². The van der Waals surface area contributed by atoms with E-state index >= 15 is 0 Å². The molecule has 3 heterocycles. The van der Waals surface area contributed by atoms with Gasteiger partial charge in [0.25, 0.3) is 5.91 Å². The van der Waals surface area contributed by atoms with E-state index in [1.54, 1.807) is 19.5 Å². The van der Waals surface area contributed by atoms with Crippen molar-refractivity contribution in [1.82, 2.24) is 15.2 Å². The number of benzene rings is 1. The molecule has 1 N–H and O–H groups in total. The van der Waals surface area contributed by atoms with Crippen LogP contribution in [0.15, 0.2) is 53.2 Å². The van der Waals surface area contributed by atoms with Gasteiger partial charge in [0.2, 0.25) is 0 Å². The number of aromatic nitrogens is 1. The summed E-state index contributed by atoms with van der Waals surface area (Å²) in [6, 6.07) is 11.9. The Morgan fingerprint density at radius 1 is 1.17 bits per heavy atom. The van der Waals surface area contributed by atoms with Gasteiger partial charge in [-0.2, -0.15) is 0 Å². The highest BCUT2D eigenvalue weighted by molar-refractivity contribution is 5.97. The van der Waals surface area contributed by atoms with E-state index in [4.69, 9.17) is 9.15 Å². The number of pyridine rings is 1. The Morgan fingerprint density at radius 2 is 1.93 bits per heavy atom.